The van der Waals surface area contributed by atoms with Gasteiger partial charge in [0.05, 0.1) is 5.60 Å². The summed E-state index contributed by atoms with van der Waals surface area (Å²) in [4.78, 5) is 0. The molecule has 0 spiro atoms. The van der Waals surface area contributed by atoms with Gasteiger partial charge in [0.15, 0.2) is 0 Å². The number of hydrogen-bond acceptors (Lipinski definition) is 2. The smallest absolute Gasteiger partial charge is 0.108 e. The Morgan fingerprint density at radius 1 is 1.35 bits per heavy atom. The molecular weight excluding hydrogens is 212 g/mol. The van der Waals surface area contributed by atoms with Crippen LogP contribution in [0.1, 0.15) is 50.8 Å². The SMILES string of the molecule is CCCc1cccc(C(O)C(C)(CC)OC)c1. The first-order valence-corrected chi connectivity index (χ1v) is 6.39. The van der Waals surface area contributed by atoms with E-state index in [9.17, 15) is 5.11 Å². The molecule has 1 N–H and O–H groups in total. The molecular formula is C15H24O2. The van der Waals surface area contributed by atoms with E-state index in [0.717, 1.165) is 24.8 Å². The van der Waals surface area contributed by atoms with Crippen molar-refractivity contribution >= 4 is 0 Å². The minimum absolute atomic E-state index is 0.509. The van der Waals surface area contributed by atoms with E-state index in [-0.39, 0.29) is 0 Å². The van der Waals surface area contributed by atoms with Crippen LogP contribution in [0.15, 0.2) is 24.3 Å². The quantitative estimate of drug-likeness (QED) is 0.819. The highest BCUT2D eigenvalue weighted by Gasteiger charge is 2.32. The second kappa shape index (κ2) is 6.18. The summed E-state index contributed by atoms with van der Waals surface area (Å²) >= 11 is 0. The number of methoxy groups -OCH3 is 1. The molecule has 0 saturated heterocycles. The van der Waals surface area contributed by atoms with Crippen molar-refractivity contribution in [1.82, 2.24) is 0 Å². The molecule has 2 unspecified atom stereocenters. The molecule has 0 aromatic heterocycles. The van der Waals surface area contributed by atoms with Crippen LogP contribution >= 0.6 is 0 Å². The highest BCUT2D eigenvalue weighted by molar-refractivity contribution is 5.27. The summed E-state index contributed by atoms with van der Waals surface area (Å²) in [5, 5.41) is 10.4. The molecule has 0 aliphatic heterocycles. The van der Waals surface area contributed by atoms with Crippen molar-refractivity contribution in [3.8, 4) is 0 Å². The minimum atomic E-state index is -0.575. The lowest BCUT2D eigenvalue weighted by atomic mass is 9.89. The van der Waals surface area contributed by atoms with E-state index in [1.54, 1.807) is 7.11 Å². The number of aliphatic hydroxyl groups is 1. The second-order valence-corrected chi connectivity index (χ2v) is 4.77. The monoisotopic (exact) mass is 236 g/mol. The van der Waals surface area contributed by atoms with Crippen molar-refractivity contribution in [1.29, 1.82) is 0 Å². The van der Waals surface area contributed by atoms with E-state index in [4.69, 9.17) is 4.74 Å². The van der Waals surface area contributed by atoms with E-state index in [1.807, 2.05) is 26.0 Å². The van der Waals surface area contributed by atoms with Crippen LogP contribution in [0, 0.1) is 0 Å². The molecule has 1 aromatic rings. The van der Waals surface area contributed by atoms with Crippen molar-refractivity contribution in [3.63, 3.8) is 0 Å². The highest BCUT2D eigenvalue weighted by Crippen LogP contribution is 2.31. The molecule has 0 heterocycles. The normalized spacial score (nSPS) is 16.5. The number of rotatable bonds is 6. The fourth-order valence-electron chi connectivity index (χ4n) is 2.01. The average Bonchev–Trinajstić information content (AvgIpc) is 2.37. The maximum absolute atomic E-state index is 10.4. The topological polar surface area (TPSA) is 29.5 Å². The zero-order valence-electron chi connectivity index (χ0n) is 11.4. The van der Waals surface area contributed by atoms with Crippen LogP contribution in [-0.4, -0.2) is 17.8 Å². The zero-order chi connectivity index (χ0) is 12.9. The highest BCUT2D eigenvalue weighted by atomic mass is 16.5. The number of ether oxygens (including phenoxy) is 1. The van der Waals surface area contributed by atoms with Gasteiger partial charge in [0.25, 0.3) is 0 Å². The minimum Gasteiger partial charge on any atom is -0.385 e. The molecule has 96 valence electrons. The van der Waals surface area contributed by atoms with Crippen molar-refractivity contribution in [2.24, 2.45) is 0 Å². The van der Waals surface area contributed by atoms with Crippen LogP contribution < -0.4 is 0 Å². The fourth-order valence-corrected chi connectivity index (χ4v) is 2.01. The molecule has 0 radical (unpaired) electrons. The zero-order valence-corrected chi connectivity index (χ0v) is 11.4. The van der Waals surface area contributed by atoms with E-state index < -0.39 is 11.7 Å². The Labute approximate surface area is 105 Å². The van der Waals surface area contributed by atoms with Gasteiger partial charge in [-0.1, -0.05) is 44.5 Å². The molecule has 2 nitrogen and oxygen atoms in total. The van der Waals surface area contributed by atoms with Crippen molar-refractivity contribution in [3.05, 3.63) is 35.4 Å². The van der Waals surface area contributed by atoms with Crippen molar-refractivity contribution in [2.75, 3.05) is 7.11 Å². The first-order chi connectivity index (χ1) is 8.07. The summed E-state index contributed by atoms with van der Waals surface area (Å²) in [6.45, 7) is 6.14. The molecule has 0 saturated carbocycles. The van der Waals surface area contributed by atoms with Gasteiger partial charge in [0, 0.05) is 7.11 Å². The van der Waals surface area contributed by atoms with E-state index in [2.05, 4.69) is 19.1 Å². The lowest BCUT2D eigenvalue weighted by Crippen LogP contribution is -2.34. The Morgan fingerprint density at radius 2 is 2.06 bits per heavy atom. The number of aryl methyl sites for hydroxylation is 1. The average molecular weight is 236 g/mol. The summed E-state index contributed by atoms with van der Waals surface area (Å²) in [5.74, 6) is 0. The number of hydrogen-bond donors (Lipinski definition) is 1. The number of benzene rings is 1. The number of aliphatic hydroxyl groups excluding tert-OH is 1. The van der Waals surface area contributed by atoms with Crippen LogP contribution in [0.4, 0.5) is 0 Å². The lowest BCUT2D eigenvalue weighted by molar-refractivity contribution is -0.0944. The summed E-state index contributed by atoms with van der Waals surface area (Å²) in [5.41, 5.74) is 1.71. The molecule has 2 atom stereocenters. The van der Waals surface area contributed by atoms with Crippen LogP contribution in [-0.2, 0) is 11.2 Å². The van der Waals surface area contributed by atoms with Gasteiger partial charge in [-0.15, -0.1) is 0 Å². The molecule has 0 amide bonds. The largest absolute Gasteiger partial charge is 0.385 e. The Hall–Kier alpha value is -0.860. The third-order valence-electron chi connectivity index (χ3n) is 3.55. The summed E-state index contributed by atoms with van der Waals surface area (Å²) in [7, 11) is 1.66. The van der Waals surface area contributed by atoms with Gasteiger partial charge < -0.3 is 9.84 Å². The van der Waals surface area contributed by atoms with Crippen LogP contribution in [0.5, 0.6) is 0 Å². The van der Waals surface area contributed by atoms with Gasteiger partial charge >= 0.3 is 0 Å². The van der Waals surface area contributed by atoms with Crippen molar-refractivity contribution < 1.29 is 9.84 Å². The van der Waals surface area contributed by atoms with Gasteiger partial charge in [-0.2, -0.15) is 0 Å². The predicted molar refractivity (Wildman–Crippen MR) is 71.1 cm³/mol. The maximum atomic E-state index is 10.4. The van der Waals surface area contributed by atoms with Gasteiger partial charge in [-0.3, -0.25) is 0 Å². The standard InChI is InChI=1S/C15H24O2/c1-5-8-12-9-7-10-13(11-12)14(16)15(3,6-2)17-4/h7,9-11,14,16H,5-6,8H2,1-4H3. The van der Waals surface area contributed by atoms with Gasteiger partial charge in [0.2, 0.25) is 0 Å². The second-order valence-electron chi connectivity index (χ2n) is 4.77. The van der Waals surface area contributed by atoms with Crippen molar-refractivity contribution in [2.45, 2.75) is 51.7 Å². The Kier molecular flexibility index (Phi) is 5.16. The maximum Gasteiger partial charge on any atom is 0.108 e. The van der Waals surface area contributed by atoms with E-state index in [0.29, 0.717) is 0 Å². The molecule has 0 aliphatic rings. The Balaban J connectivity index is 2.95. The molecule has 0 aliphatic carbocycles. The predicted octanol–water partition coefficient (Wildman–Crippen LogP) is 3.49. The molecule has 0 fully saturated rings. The van der Waals surface area contributed by atoms with Gasteiger partial charge in [0.1, 0.15) is 6.10 Å². The summed E-state index contributed by atoms with van der Waals surface area (Å²) in [6, 6.07) is 8.17. The lowest BCUT2D eigenvalue weighted by Gasteiger charge is -2.32. The molecule has 17 heavy (non-hydrogen) atoms. The molecule has 1 rings (SSSR count). The van der Waals surface area contributed by atoms with Gasteiger partial charge in [-0.05, 0) is 30.9 Å². The Morgan fingerprint density at radius 3 is 2.59 bits per heavy atom. The third kappa shape index (κ3) is 3.30. The summed E-state index contributed by atoms with van der Waals surface area (Å²) in [6.07, 6.45) is 2.38. The van der Waals surface area contributed by atoms with E-state index in [1.165, 1.54) is 5.56 Å². The first-order valence-electron chi connectivity index (χ1n) is 6.39. The van der Waals surface area contributed by atoms with Crippen LogP contribution in [0.3, 0.4) is 0 Å². The molecule has 1 aromatic carbocycles. The van der Waals surface area contributed by atoms with Crippen LogP contribution in [0.25, 0.3) is 0 Å². The van der Waals surface area contributed by atoms with E-state index >= 15 is 0 Å². The Bertz CT molecular complexity index is 343. The van der Waals surface area contributed by atoms with Crippen LogP contribution in [0.2, 0.25) is 0 Å². The fraction of sp³-hybridized carbons (Fsp3) is 0.600. The summed E-state index contributed by atoms with van der Waals surface area (Å²) < 4.78 is 5.45. The first kappa shape index (κ1) is 14.2. The molecule has 2 heteroatoms. The van der Waals surface area contributed by atoms with Gasteiger partial charge in [-0.25, -0.2) is 0 Å². The molecule has 0 bridgehead atoms. The third-order valence-corrected chi connectivity index (χ3v) is 3.55.